The van der Waals surface area contributed by atoms with E-state index in [9.17, 15) is 9.59 Å². The van der Waals surface area contributed by atoms with Crippen molar-refractivity contribution in [2.75, 3.05) is 0 Å². The molecular formula is C27H25NO3. The molecule has 0 radical (unpaired) electrons. The number of nitrogens with one attached hydrogen (secondary N) is 1. The molecule has 0 aliphatic heterocycles. The second kappa shape index (κ2) is 8.23. The maximum absolute atomic E-state index is 13.5. The number of fused-ring (bicyclic) bond motifs is 1. The van der Waals surface area contributed by atoms with Gasteiger partial charge in [-0.25, -0.2) is 4.79 Å². The van der Waals surface area contributed by atoms with Crippen molar-refractivity contribution in [1.82, 2.24) is 4.98 Å². The first kappa shape index (κ1) is 20.6. The molecule has 4 heteroatoms. The van der Waals surface area contributed by atoms with Crippen LogP contribution in [-0.4, -0.2) is 16.7 Å². The second-order valence-corrected chi connectivity index (χ2v) is 8.64. The molecule has 3 aromatic carbocycles. The summed E-state index contributed by atoms with van der Waals surface area (Å²) in [6, 6.07) is 24.1. The Morgan fingerprint density at radius 3 is 2.16 bits per heavy atom. The molecule has 1 heterocycles. The van der Waals surface area contributed by atoms with E-state index in [1.807, 2.05) is 54.6 Å². The number of hydrogen-bond donors (Lipinski definition) is 1. The lowest BCUT2D eigenvalue weighted by molar-refractivity contribution is 0.0280. The van der Waals surface area contributed by atoms with E-state index in [2.05, 4.69) is 25.8 Å². The molecule has 1 N–H and O–H groups in total. The molecule has 1 atom stereocenters. The van der Waals surface area contributed by atoms with Crippen molar-refractivity contribution in [2.45, 2.75) is 32.3 Å². The van der Waals surface area contributed by atoms with Gasteiger partial charge in [0.05, 0.1) is 5.56 Å². The average Bonchev–Trinajstić information content (AvgIpc) is 3.21. The van der Waals surface area contributed by atoms with Crippen molar-refractivity contribution in [3.63, 3.8) is 0 Å². The van der Waals surface area contributed by atoms with Crippen LogP contribution in [0.15, 0.2) is 85.1 Å². The SMILES string of the molecule is CC(C)(C)c1ccc(C(=O)OC(C(=O)c2c[nH]c3ccccc23)c2ccccc2)cc1. The van der Waals surface area contributed by atoms with Gasteiger partial charge in [0.1, 0.15) is 0 Å². The van der Waals surface area contributed by atoms with Crippen LogP contribution in [0.3, 0.4) is 0 Å². The van der Waals surface area contributed by atoms with Crippen LogP contribution in [0.2, 0.25) is 0 Å². The van der Waals surface area contributed by atoms with Crippen LogP contribution < -0.4 is 0 Å². The van der Waals surface area contributed by atoms with E-state index < -0.39 is 12.1 Å². The minimum Gasteiger partial charge on any atom is -0.445 e. The second-order valence-electron chi connectivity index (χ2n) is 8.64. The summed E-state index contributed by atoms with van der Waals surface area (Å²) in [5, 5.41) is 0.805. The number of H-pyrrole nitrogens is 1. The fourth-order valence-corrected chi connectivity index (χ4v) is 3.60. The number of para-hydroxylation sites is 1. The molecule has 4 nitrogen and oxygen atoms in total. The normalized spacial score (nSPS) is 12.5. The van der Waals surface area contributed by atoms with Crippen LogP contribution in [0, 0.1) is 0 Å². The Labute approximate surface area is 181 Å². The average molecular weight is 412 g/mol. The minimum absolute atomic E-state index is 0.0136. The highest BCUT2D eigenvalue weighted by Gasteiger charge is 2.28. The fraction of sp³-hybridized carbons (Fsp3) is 0.185. The van der Waals surface area contributed by atoms with Gasteiger partial charge < -0.3 is 9.72 Å². The monoisotopic (exact) mass is 411 g/mol. The number of rotatable bonds is 5. The highest BCUT2D eigenvalue weighted by molar-refractivity contribution is 6.11. The first-order chi connectivity index (χ1) is 14.8. The minimum atomic E-state index is -1.03. The van der Waals surface area contributed by atoms with Crippen LogP contribution in [0.4, 0.5) is 0 Å². The van der Waals surface area contributed by atoms with Gasteiger partial charge in [-0.05, 0) is 29.2 Å². The third-order valence-electron chi connectivity index (χ3n) is 5.41. The number of aromatic nitrogens is 1. The molecule has 0 aliphatic carbocycles. The van der Waals surface area contributed by atoms with Crippen molar-refractivity contribution in [1.29, 1.82) is 0 Å². The number of ether oxygens (including phenoxy) is 1. The topological polar surface area (TPSA) is 59.2 Å². The van der Waals surface area contributed by atoms with E-state index in [-0.39, 0.29) is 11.2 Å². The zero-order valence-electron chi connectivity index (χ0n) is 17.9. The maximum Gasteiger partial charge on any atom is 0.339 e. The summed E-state index contributed by atoms with van der Waals surface area (Å²) in [7, 11) is 0. The van der Waals surface area contributed by atoms with E-state index >= 15 is 0 Å². The molecule has 0 bridgehead atoms. The van der Waals surface area contributed by atoms with Gasteiger partial charge in [0.25, 0.3) is 0 Å². The van der Waals surface area contributed by atoms with Crippen molar-refractivity contribution in [3.8, 4) is 0 Å². The van der Waals surface area contributed by atoms with Gasteiger partial charge in [0.2, 0.25) is 5.78 Å². The Balaban J connectivity index is 1.66. The highest BCUT2D eigenvalue weighted by Crippen LogP contribution is 2.28. The maximum atomic E-state index is 13.5. The molecule has 0 saturated heterocycles. The number of carbonyl (C=O) groups is 2. The number of ketones is 1. The number of benzene rings is 3. The largest absolute Gasteiger partial charge is 0.445 e. The summed E-state index contributed by atoms with van der Waals surface area (Å²) in [6.07, 6.45) is 0.643. The van der Waals surface area contributed by atoms with Gasteiger partial charge >= 0.3 is 5.97 Å². The van der Waals surface area contributed by atoms with E-state index in [0.717, 1.165) is 16.5 Å². The standard InChI is InChI=1S/C27H25NO3/c1-27(2,3)20-15-13-19(14-16-20)26(30)31-25(18-9-5-4-6-10-18)24(29)22-17-28-23-12-8-7-11-21(22)23/h4-17,25,28H,1-3H3. The van der Waals surface area contributed by atoms with Gasteiger partial charge in [0.15, 0.2) is 6.10 Å². The van der Waals surface area contributed by atoms with E-state index in [4.69, 9.17) is 4.74 Å². The zero-order valence-corrected chi connectivity index (χ0v) is 17.9. The number of esters is 1. The Morgan fingerprint density at radius 1 is 0.839 bits per heavy atom. The molecule has 1 aromatic heterocycles. The lowest BCUT2D eigenvalue weighted by atomic mass is 9.87. The Hall–Kier alpha value is -3.66. The van der Waals surface area contributed by atoms with Gasteiger partial charge in [-0.1, -0.05) is 81.4 Å². The van der Waals surface area contributed by atoms with Crippen LogP contribution in [0.25, 0.3) is 10.9 Å². The third kappa shape index (κ3) is 4.29. The third-order valence-corrected chi connectivity index (χ3v) is 5.41. The molecule has 0 aliphatic rings. The van der Waals surface area contributed by atoms with Crippen molar-refractivity contribution in [2.24, 2.45) is 0 Å². The molecule has 0 saturated carbocycles. The van der Waals surface area contributed by atoms with Crippen molar-refractivity contribution in [3.05, 3.63) is 107 Å². The molecule has 0 amide bonds. The molecule has 0 spiro atoms. The predicted molar refractivity (Wildman–Crippen MR) is 122 cm³/mol. The Morgan fingerprint density at radius 2 is 1.48 bits per heavy atom. The van der Waals surface area contributed by atoms with E-state index in [1.165, 1.54) is 0 Å². The quantitative estimate of drug-likeness (QED) is 0.312. The van der Waals surface area contributed by atoms with Crippen LogP contribution in [0.5, 0.6) is 0 Å². The fourth-order valence-electron chi connectivity index (χ4n) is 3.60. The van der Waals surface area contributed by atoms with E-state index in [1.54, 1.807) is 30.5 Å². The van der Waals surface area contributed by atoms with Crippen LogP contribution in [-0.2, 0) is 10.2 Å². The molecule has 156 valence electrons. The number of carbonyl (C=O) groups excluding carboxylic acids is 2. The van der Waals surface area contributed by atoms with Crippen molar-refractivity contribution < 1.29 is 14.3 Å². The molecule has 4 rings (SSSR count). The first-order valence-corrected chi connectivity index (χ1v) is 10.3. The molecular weight excluding hydrogens is 386 g/mol. The predicted octanol–water partition coefficient (Wildman–Crippen LogP) is 6.25. The lowest BCUT2D eigenvalue weighted by Gasteiger charge is -2.20. The number of Topliss-reactive ketones (excluding diaryl/α,β-unsaturated/α-hetero) is 1. The van der Waals surface area contributed by atoms with Crippen LogP contribution >= 0.6 is 0 Å². The molecule has 4 aromatic rings. The van der Waals surface area contributed by atoms with Gasteiger partial charge in [0, 0.05) is 28.2 Å². The highest BCUT2D eigenvalue weighted by atomic mass is 16.5. The molecule has 1 unspecified atom stereocenters. The Kier molecular flexibility index (Phi) is 5.47. The van der Waals surface area contributed by atoms with Gasteiger partial charge in [-0.15, -0.1) is 0 Å². The molecule has 31 heavy (non-hydrogen) atoms. The number of hydrogen-bond acceptors (Lipinski definition) is 3. The Bertz CT molecular complexity index is 1210. The summed E-state index contributed by atoms with van der Waals surface area (Å²) < 4.78 is 5.78. The summed E-state index contributed by atoms with van der Waals surface area (Å²) in [5.41, 5.74) is 3.53. The summed E-state index contributed by atoms with van der Waals surface area (Å²) in [4.78, 5) is 29.5. The van der Waals surface area contributed by atoms with Gasteiger partial charge in [-0.3, -0.25) is 4.79 Å². The molecule has 0 fully saturated rings. The van der Waals surface area contributed by atoms with Gasteiger partial charge in [-0.2, -0.15) is 0 Å². The lowest BCUT2D eigenvalue weighted by Crippen LogP contribution is -2.20. The van der Waals surface area contributed by atoms with E-state index in [0.29, 0.717) is 16.7 Å². The first-order valence-electron chi connectivity index (χ1n) is 10.3. The number of aromatic amines is 1. The smallest absolute Gasteiger partial charge is 0.339 e. The van der Waals surface area contributed by atoms with Crippen molar-refractivity contribution >= 4 is 22.7 Å². The van der Waals surface area contributed by atoms with Crippen LogP contribution in [0.1, 0.15) is 58.7 Å². The zero-order chi connectivity index (χ0) is 22.0. The summed E-state index contributed by atoms with van der Waals surface area (Å²) in [6.45, 7) is 6.35. The summed E-state index contributed by atoms with van der Waals surface area (Å²) in [5.74, 6) is -0.786. The summed E-state index contributed by atoms with van der Waals surface area (Å²) >= 11 is 0.